The predicted molar refractivity (Wildman–Crippen MR) is 126 cm³/mol. The number of benzene rings is 2. The average molecular weight is 455 g/mol. The number of aryl methyl sites for hydroxylation is 2. The first-order chi connectivity index (χ1) is 14.9. The lowest BCUT2D eigenvalue weighted by Crippen LogP contribution is -2.17. The predicted octanol–water partition coefficient (Wildman–Crippen LogP) is 5.98. The number of ketones is 1. The maximum Gasteiger partial charge on any atom is 0.258 e. The maximum atomic E-state index is 13.2. The van der Waals surface area contributed by atoms with Crippen molar-refractivity contribution in [1.29, 1.82) is 0 Å². The van der Waals surface area contributed by atoms with E-state index in [2.05, 4.69) is 10.3 Å². The van der Waals surface area contributed by atoms with Gasteiger partial charge in [0.2, 0.25) is 0 Å². The van der Waals surface area contributed by atoms with Crippen molar-refractivity contribution in [2.24, 2.45) is 0 Å². The van der Waals surface area contributed by atoms with Gasteiger partial charge in [0.15, 0.2) is 5.78 Å². The van der Waals surface area contributed by atoms with Crippen LogP contribution in [0, 0.1) is 13.8 Å². The van der Waals surface area contributed by atoms with Gasteiger partial charge in [-0.2, -0.15) is 0 Å². The third kappa shape index (κ3) is 5.87. The molecule has 160 valence electrons. The van der Waals surface area contributed by atoms with Crippen LogP contribution in [0.2, 0.25) is 5.02 Å². The zero-order valence-corrected chi connectivity index (χ0v) is 19.1. The molecule has 0 fully saturated rings. The summed E-state index contributed by atoms with van der Waals surface area (Å²) in [5.41, 5.74) is 3.18. The second-order valence-electron chi connectivity index (χ2n) is 6.86. The zero-order chi connectivity index (χ0) is 22.4. The fourth-order valence-corrected chi connectivity index (χ4v) is 4.24. The van der Waals surface area contributed by atoms with Gasteiger partial charge < -0.3 is 10.1 Å². The standard InChI is InChI=1S/C24H23ClN2O3S/c1-4-30-21-8-6-5-7-19(21)27-23(29)22-15(2)13-16(3)26-24(22)31-14-20(28)17-9-11-18(25)12-10-17/h5-13H,4,14H2,1-3H3,(H,27,29). The number of Topliss-reactive ketones (excluding diaryl/α,β-unsaturated/α-hetero) is 1. The van der Waals surface area contributed by atoms with E-state index >= 15 is 0 Å². The minimum absolute atomic E-state index is 0.0596. The quantitative estimate of drug-likeness (QED) is 0.335. The second-order valence-corrected chi connectivity index (χ2v) is 8.26. The lowest BCUT2D eigenvalue weighted by molar-refractivity contribution is 0.101. The highest BCUT2D eigenvalue weighted by Crippen LogP contribution is 2.29. The van der Waals surface area contributed by atoms with Gasteiger partial charge in [0.05, 0.1) is 23.6 Å². The molecule has 0 bridgehead atoms. The Balaban J connectivity index is 1.83. The number of nitrogens with zero attached hydrogens (tertiary/aromatic N) is 1. The highest BCUT2D eigenvalue weighted by atomic mass is 35.5. The number of thioether (sulfide) groups is 1. The number of para-hydroxylation sites is 2. The molecule has 0 aliphatic rings. The molecule has 0 spiro atoms. The van der Waals surface area contributed by atoms with Gasteiger partial charge in [-0.3, -0.25) is 9.59 Å². The molecule has 0 unspecified atom stereocenters. The summed E-state index contributed by atoms with van der Waals surface area (Å²) in [6.45, 7) is 6.11. The molecule has 0 saturated heterocycles. The molecule has 1 aromatic heterocycles. The number of carbonyl (C=O) groups is 2. The van der Waals surface area contributed by atoms with E-state index in [1.807, 2.05) is 39.0 Å². The van der Waals surface area contributed by atoms with Gasteiger partial charge >= 0.3 is 0 Å². The second kappa shape index (κ2) is 10.5. The van der Waals surface area contributed by atoms with Gasteiger partial charge in [0, 0.05) is 16.3 Å². The Kier molecular flexibility index (Phi) is 7.71. The van der Waals surface area contributed by atoms with Crippen molar-refractivity contribution in [2.45, 2.75) is 25.8 Å². The van der Waals surface area contributed by atoms with Crippen LogP contribution >= 0.6 is 23.4 Å². The molecular weight excluding hydrogens is 432 g/mol. The third-order valence-electron chi connectivity index (χ3n) is 4.48. The molecule has 0 radical (unpaired) electrons. The van der Waals surface area contributed by atoms with Crippen LogP contribution in [0.3, 0.4) is 0 Å². The van der Waals surface area contributed by atoms with Crippen molar-refractivity contribution in [1.82, 2.24) is 4.98 Å². The maximum absolute atomic E-state index is 13.2. The van der Waals surface area contributed by atoms with Gasteiger partial charge in [-0.05, 0) is 68.8 Å². The van der Waals surface area contributed by atoms with E-state index in [-0.39, 0.29) is 17.4 Å². The lowest BCUT2D eigenvalue weighted by Gasteiger charge is -2.15. The number of rotatable bonds is 8. The van der Waals surface area contributed by atoms with E-state index in [9.17, 15) is 9.59 Å². The third-order valence-corrected chi connectivity index (χ3v) is 5.71. The van der Waals surface area contributed by atoms with Crippen LogP contribution in [0.5, 0.6) is 5.75 Å². The summed E-state index contributed by atoms with van der Waals surface area (Å²) in [6.07, 6.45) is 0. The number of amides is 1. The Bertz CT molecular complexity index is 1100. The fourth-order valence-electron chi connectivity index (χ4n) is 3.07. The van der Waals surface area contributed by atoms with Gasteiger partial charge in [-0.1, -0.05) is 35.5 Å². The number of pyridine rings is 1. The van der Waals surface area contributed by atoms with Crippen LogP contribution in [0.1, 0.15) is 38.9 Å². The van der Waals surface area contributed by atoms with E-state index in [0.29, 0.717) is 39.2 Å². The first-order valence-electron chi connectivity index (χ1n) is 9.82. The molecule has 0 atom stereocenters. The van der Waals surface area contributed by atoms with E-state index < -0.39 is 0 Å². The monoisotopic (exact) mass is 454 g/mol. The van der Waals surface area contributed by atoms with Crippen LogP contribution in [-0.4, -0.2) is 29.0 Å². The number of hydrogen-bond acceptors (Lipinski definition) is 5. The highest BCUT2D eigenvalue weighted by Gasteiger charge is 2.20. The molecule has 3 aromatic rings. The molecular formula is C24H23ClN2O3S. The molecule has 5 nitrogen and oxygen atoms in total. The first-order valence-corrected chi connectivity index (χ1v) is 11.2. The van der Waals surface area contributed by atoms with E-state index in [0.717, 1.165) is 11.3 Å². The van der Waals surface area contributed by atoms with E-state index in [1.165, 1.54) is 11.8 Å². The first kappa shape index (κ1) is 22.8. The summed E-state index contributed by atoms with van der Waals surface area (Å²) >= 11 is 7.15. The molecule has 3 rings (SSSR count). The highest BCUT2D eigenvalue weighted by molar-refractivity contribution is 8.00. The average Bonchev–Trinajstić information content (AvgIpc) is 2.73. The number of ether oxygens (including phenoxy) is 1. The summed E-state index contributed by atoms with van der Waals surface area (Å²) in [7, 11) is 0. The molecule has 2 aromatic carbocycles. The normalized spacial score (nSPS) is 10.6. The minimum atomic E-state index is -0.293. The Labute approximate surface area is 191 Å². The van der Waals surface area contributed by atoms with Gasteiger partial charge in [0.1, 0.15) is 10.8 Å². The summed E-state index contributed by atoms with van der Waals surface area (Å²) in [4.78, 5) is 30.3. The summed E-state index contributed by atoms with van der Waals surface area (Å²) < 4.78 is 5.60. The minimum Gasteiger partial charge on any atom is -0.492 e. The fraction of sp³-hybridized carbons (Fsp3) is 0.208. The molecule has 0 aliphatic heterocycles. The lowest BCUT2D eigenvalue weighted by atomic mass is 10.1. The number of anilines is 1. The van der Waals surface area contributed by atoms with E-state index in [1.54, 1.807) is 36.4 Å². The number of carbonyl (C=O) groups excluding carboxylic acids is 2. The molecule has 7 heteroatoms. The van der Waals surface area contributed by atoms with Crippen molar-refractivity contribution in [3.8, 4) is 5.75 Å². The molecule has 0 saturated carbocycles. The van der Waals surface area contributed by atoms with Crippen molar-refractivity contribution >= 4 is 40.7 Å². The van der Waals surface area contributed by atoms with Crippen LogP contribution < -0.4 is 10.1 Å². The number of nitrogens with one attached hydrogen (secondary N) is 1. The molecule has 0 aliphatic carbocycles. The Morgan fingerprint density at radius 2 is 1.81 bits per heavy atom. The topological polar surface area (TPSA) is 68.3 Å². The van der Waals surface area contributed by atoms with Crippen LogP contribution in [0.4, 0.5) is 5.69 Å². The summed E-state index contributed by atoms with van der Waals surface area (Å²) in [5.74, 6) is 0.408. The van der Waals surface area contributed by atoms with Gasteiger partial charge in [-0.25, -0.2) is 4.98 Å². The van der Waals surface area contributed by atoms with Crippen LogP contribution in [-0.2, 0) is 0 Å². The Hall–Kier alpha value is -2.83. The van der Waals surface area contributed by atoms with Gasteiger partial charge in [-0.15, -0.1) is 0 Å². The van der Waals surface area contributed by atoms with Crippen molar-refractivity contribution < 1.29 is 14.3 Å². The van der Waals surface area contributed by atoms with Crippen molar-refractivity contribution in [3.63, 3.8) is 0 Å². The SMILES string of the molecule is CCOc1ccccc1NC(=O)c1c(C)cc(C)nc1SCC(=O)c1ccc(Cl)cc1. The zero-order valence-electron chi connectivity index (χ0n) is 17.6. The van der Waals surface area contributed by atoms with Crippen LogP contribution in [0.15, 0.2) is 59.6 Å². The van der Waals surface area contributed by atoms with Crippen molar-refractivity contribution in [2.75, 3.05) is 17.7 Å². The number of halogens is 1. The number of hydrogen-bond donors (Lipinski definition) is 1. The summed E-state index contributed by atoms with van der Waals surface area (Å²) in [5, 5.41) is 4.02. The molecule has 31 heavy (non-hydrogen) atoms. The van der Waals surface area contributed by atoms with Crippen molar-refractivity contribution in [3.05, 3.63) is 82.0 Å². The summed E-state index contributed by atoms with van der Waals surface area (Å²) in [6, 6.07) is 15.9. The number of aromatic nitrogens is 1. The Morgan fingerprint density at radius 3 is 2.52 bits per heavy atom. The van der Waals surface area contributed by atoms with E-state index in [4.69, 9.17) is 16.3 Å². The van der Waals surface area contributed by atoms with Gasteiger partial charge in [0.25, 0.3) is 5.91 Å². The Morgan fingerprint density at radius 1 is 1.10 bits per heavy atom. The largest absolute Gasteiger partial charge is 0.492 e. The molecule has 1 amide bonds. The smallest absolute Gasteiger partial charge is 0.258 e. The molecule has 1 heterocycles. The molecule has 1 N–H and O–H groups in total. The van der Waals surface area contributed by atoms with Crippen LogP contribution in [0.25, 0.3) is 0 Å².